The van der Waals surface area contributed by atoms with Crippen molar-refractivity contribution < 1.29 is 19.1 Å². The van der Waals surface area contributed by atoms with Crippen molar-refractivity contribution in [3.05, 3.63) is 23.3 Å². The van der Waals surface area contributed by atoms with Crippen LogP contribution in [0.3, 0.4) is 0 Å². The van der Waals surface area contributed by atoms with Crippen molar-refractivity contribution in [3.63, 3.8) is 0 Å². The van der Waals surface area contributed by atoms with Gasteiger partial charge in [-0.25, -0.2) is 0 Å². The van der Waals surface area contributed by atoms with Gasteiger partial charge < -0.3 is 25.4 Å². The monoisotopic (exact) mass is 391 g/mol. The number of hydrogen-bond acceptors (Lipinski definition) is 5. The van der Waals surface area contributed by atoms with Gasteiger partial charge in [0.1, 0.15) is 0 Å². The van der Waals surface area contributed by atoms with Crippen molar-refractivity contribution in [2.75, 3.05) is 27.3 Å². The zero-order valence-electron chi connectivity index (χ0n) is 17.5. The van der Waals surface area contributed by atoms with Gasteiger partial charge in [-0.15, -0.1) is 0 Å². The molecule has 7 nitrogen and oxygen atoms in total. The van der Waals surface area contributed by atoms with Gasteiger partial charge >= 0.3 is 0 Å². The van der Waals surface area contributed by atoms with Crippen LogP contribution in [0.25, 0.3) is 0 Å². The largest absolute Gasteiger partial charge is 0.493 e. The Balaban J connectivity index is 1.84. The molecule has 0 spiro atoms. The average Bonchev–Trinajstić information content (AvgIpc) is 2.69. The normalized spacial score (nSPS) is 15.4. The molecule has 2 amide bonds. The first-order valence-corrected chi connectivity index (χ1v) is 9.91. The lowest BCUT2D eigenvalue weighted by atomic mass is 9.96. The van der Waals surface area contributed by atoms with Crippen LogP contribution in [-0.4, -0.2) is 49.6 Å². The molecule has 1 atom stereocenters. The molecule has 7 heteroatoms. The summed E-state index contributed by atoms with van der Waals surface area (Å²) in [4.78, 5) is 26.5. The highest BCUT2D eigenvalue weighted by atomic mass is 16.5. The van der Waals surface area contributed by atoms with E-state index in [2.05, 4.69) is 5.32 Å². The summed E-state index contributed by atoms with van der Waals surface area (Å²) < 4.78 is 10.7. The number of hydrogen-bond donors (Lipinski definition) is 2. The Morgan fingerprint density at radius 2 is 1.86 bits per heavy atom. The average molecular weight is 392 g/mol. The SMILES string of the molecule is CCCC(C)(N)C(=O)NCCCC(=O)N1CCc2cc(OC)c(OC)cc2C1. The summed E-state index contributed by atoms with van der Waals surface area (Å²) in [7, 11) is 3.23. The van der Waals surface area contributed by atoms with Crippen molar-refractivity contribution in [2.24, 2.45) is 5.73 Å². The van der Waals surface area contributed by atoms with E-state index < -0.39 is 5.54 Å². The third kappa shape index (κ3) is 5.38. The number of nitrogens with zero attached hydrogens (tertiary/aromatic N) is 1. The lowest BCUT2D eigenvalue weighted by Gasteiger charge is -2.30. The van der Waals surface area contributed by atoms with Crippen LogP contribution < -0.4 is 20.5 Å². The fraction of sp³-hybridized carbons (Fsp3) is 0.619. The maximum absolute atomic E-state index is 12.6. The summed E-state index contributed by atoms with van der Waals surface area (Å²) in [6, 6.07) is 3.94. The van der Waals surface area contributed by atoms with Crippen LogP contribution in [0.4, 0.5) is 0 Å². The molecule has 0 radical (unpaired) electrons. The summed E-state index contributed by atoms with van der Waals surface area (Å²) in [5.74, 6) is 1.33. The number of nitrogens with one attached hydrogen (secondary N) is 1. The van der Waals surface area contributed by atoms with Crippen LogP contribution in [0.5, 0.6) is 11.5 Å². The van der Waals surface area contributed by atoms with E-state index >= 15 is 0 Å². The Morgan fingerprint density at radius 3 is 2.46 bits per heavy atom. The minimum atomic E-state index is -0.852. The maximum Gasteiger partial charge on any atom is 0.239 e. The van der Waals surface area contributed by atoms with Crippen molar-refractivity contribution >= 4 is 11.8 Å². The number of nitrogens with two attached hydrogens (primary N) is 1. The molecule has 1 aliphatic rings. The number of carbonyl (C=O) groups excluding carboxylic acids is 2. The third-order valence-electron chi connectivity index (χ3n) is 5.21. The van der Waals surface area contributed by atoms with E-state index in [-0.39, 0.29) is 11.8 Å². The number of rotatable bonds is 9. The van der Waals surface area contributed by atoms with Gasteiger partial charge in [0.15, 0.2) is 11.5 Å². The van der Waals surface area contributed by atoms with E-state index in [0.29, 0.717) is 50.4 Å². The van der Waals surface area contributed by atoms with Crippen LogP contribution >= 0.6 is 0 Å². The molecule has 1 aromatic rings. The molecule has 1 unspecified atom stereocenters. The molecule has 1 heterocycles. The summed E-state index contributed by atoms with van der Waals surface area (Å²) in [5.41, 5.74) is 7.44. The second kappa shape index (κ2) is 9.78. The van der Waals surface area contributed by atoms with Crippen molar-refractivity contribution in [3.8, 4) is 11.5 Å². The first kappa shape index (κ1) is 22.0. The van der Waals surface area contributed by atoms with Gasteiger partial charge in [0.25, 0.3) is 0 Å². The second-order valence-electron chi connectivity index (χ2n) is 7.57. The van der Waals surface area contributed by atoms with Gasteiger partial charge in [0, 0.05) is 26.1 Å². The van der Waals surface area contributed by atoms with E-state index in [1.165, 1.54) is 5.56 Å². The smallest absolute Gasteiger partial charge is 0.239 e. The highest BCUT2D eigenvalue weighted by molar-refractivity contribution is 5.85. The number of ether oxygens (including phenoxy) is 2. The van der Waals surface area contributed by atoms with Gasteiger partial charge in [-0.2, -0.15) is 0 Å². The molecule has 1 aromatic carbocycles. The van der Waals surface area contributed by atoms with Crippen molar-refractivity contribution in [2.45, 2.75) is 58.0 Å². The number of carbonyl (C=O) groups is 2. The lowest BCUT2D eigenvalue weighted by molar-refractivity contribution is -0.132. The number of benzene rings is 1. The van der Waals surface area contributed by atoms with E-state index in [0.717, 1.165) is 18.4 Å². The number of methoxy groups -OCH3 is 2. The highest BCUT2D eigenvalue weighted by Crippen LogP contribution is 2.33. The van der Waals surface area contributed by atoms with Crippen LogP contribution in [0, 0.1) is 0 Å². The van der Waals surface area contributed by atoms with E-state index in [1.54, 1.807) is 21.1 Å². The minimum Gasteiger partial charge on any atom is -0.493 e. The van der Waals surface area contributed by atoms with E-state index in [4.69, 9.17) is 15.2 Å². The molecule has 0 bridgehead atoms. The van der Waals surface area contributed by atoms with Gasteiger partial charge in [-0.05, 0) is 49.4 Å². The molecule has 156 valence electrons. The van der Waals surface area contributed by atoms with Crippen molar-refractivity contribution in [1.82, 2.24) is 10.2 Å². The van der Waals surface area contributed by atoms with Gasteiger partial charge in [0.2, 0.25) is 11.8 Å². The molecule has 28 heavy (non-hydrogen) atoms. The summed E-state index contributed by atoms with van der Waals surface area (Å²) in [6.45, 7) is 5.45. The first-order valence-electron chi connectivity index (χ1n) is 9.91. The molecule has 1 aliphatic heterocycles. The highest BCUT2D eigenvalue weighted by Gasteiger charge is 2.27. The van der Waals surface area contributed by atoms with Crippen LogP contribution in [0.2, 0.25) is 0 Å². The fourth-order valence-corrected chi connectivity index (χ4v) is 3.53. The standard InChI is InChI=1S/C21H33N3O4/c1-5-9-21(2,22)20(26)23-10-6-7-19(25)24-11-8-15-12-17(27-3)18(28-4)13-16(15)14-24/h12-13H,5-11,14,22H2,1-4H3,(H,23,26). The molecule has 0 aromatic heterocycles. The second-order valence-corrected chi connectivity index (χ2v) is 7.57. The Bertz CT molecular complexity index is 703. The molecule has 3 N–H and O–H groups in total. The van der Waals surface area contributed by atoms with Gasteiger partial charge in [-0.3, -0.25) is 9.59 Å². The molecule has 0 saturated heterocycles. The zero-order chi connectivity index (χ0) is 20.7. The lowest BCUT2D eigenvalue weighted by Crippen LogP contribution is -2.51. The Labute approximate surface area is 167 Å². The van der Waals surface area contributed by atoms with Crippen LogP contribution in [0.1, 0.15) is 50.7 Å². The summed E-state index contributed by atoms with van der Waals surface area (Å²) in [5, 5.41) is 2.84. The molecular weight excluding hydrogens is 358 g/mol. The molecule has 2 rings (SSSR count). The molecule has 0 fully saturated rings. The van der Waals surface area contributed by atoms with Gasteiger partial charge in [0.05, 0.1) is 19.8 Å². The van der Waals surface area contributed by atoms with E-state index in [9.17, 15) is 9.59 Å². The van der Waals surface area contributed by atoms with Gasteiger partial charge in [-0.1, -0.05) is 13.3 Å². The minimum absolute atomic E-state index is 0.0961. The number of amides is 2. The van der Waals surface area contributed by atoms with Crippen molar-refractivity contribution in [1.29, 1.82) is 0 Å². The third-order valence-corrected chi connectivity index (χ3v) is 5.21. The fourth-order valence-electron chi connectivity index (χ4n) is 3.53. The van der Waals surface area contributed by atoms with Crippen LogP contribution in [-0.2, 0) is 22.6 Å². The Hall–Kier alpha value is -2.28. The topological polar surface area (TPSA) is 93.9 Å². The number of fused-ring (bicyclic) bond motifs is 1. The predicted octanol–water partition coefficient (Wildman–Crippen LogP) is 2.00. The van der Waals surface area contributed by atoms with E-state index in [1.807, 2.05) is 24.0 Å². The Kier molecular flexibility index (Phi) is 7.69. The summed E-state index contributed by atoms with van der Waals surface area (Å²) >= 11 is 0. The molecular formula is C21H33N3O4. The molecule has 0 saturated carbocycles. The first-order chi connectivity index (χ1) is 13.3. The predicted molar refractivity (Wildman–Crippen MR) is 108 cm³/mol. The van der Waals surface area contributed by atoms with Crippen LogP contribution in [0.15, 0.2) is 12.1 Å². The molecule has 0 aliphatic carbocycles. The Morgan fingerprint density at radius 1 is 1.21 bits per heavy atom. The quantitative estimate of drug-likeness (QED) is 0.628. The zero-order valence-corrected chi connectivity index (χ0v) is 17.5. The maximum atomic E-state index is 12.6. The summed E-state index contributed by atoms with van der Waals surface area (Å²) in [6.07, 6.45) is 3.28.